The van der Waals surface area contributed by atoms with E-state index in [0.717, 1.165) is 6.42 Å². The van der Waals surface area contributed by atoms with Crippen molar-refractivity contribution in [3.05, 3.63) is 42.4 Å². The lowest BCUT2D eigenvalue weighted by molar-refractivity contribution is 0.185. The minimum Gasteiger partial charge on any atom is -0.465 e. The van der Waals surface area contributed by atoms with E-state index < -0.39 is 0 Å². The molecule has 0 aliphatic heterocycles. The molecule has 1 aromatic carbocycles. The van der Waals surface area contributed by atoms with Crippen LogP contribution in [0, 0.1) is 5.82 Å². The predicted octanol–water partition coefficient (Wildman–Crippen LogP) is 2.88. The summed E-state index contributed by atoms with van der Waals surface area (Å²) in [6.07, 6.45) is 4.56. The molecule has 1 rings (SSSR count). The molecule has 0 unspecified atom stereocenters. The molecule has 0 aliphatic carbocycles. The molecule has 0 amide bonds. The maximum absolute atomic E-state index is 12.5. The zero-order chi connectivity index (χ0) is 11.1. The highest BCUT2D eigenvalue weighted by Crippen LogP contribution is 2.11. The van der Waals surface area contributed by atoms with Crippen LogP contribution in [0.2, 0.25) is 0 Å². The van der Waals surface area contributed by atoms with Gasteiger partial charge in [-0.3, -0.25) is 0 Å². The van der Waals surface area contributed by atoms with Crippen molar-refractivity contribution < 1.29 is 14.2 Å². The third-order valence-corrected chi connectivity index (χ3v) is 1.87. The van der Waals surface area contributed by atoms with Crippen molar-refractivity contribution in [1.82, 2.24) is 0 Å². The van der Waals surface area contributed by atoms with E-state index >= 15 is 0 Å². The number of ether oxygens (including phenoxy) is 1. The van der Waals surface area contributed by atoms with Crippen molar-refractivity contribution in [1.29, 1.82) is 0 Å². The van der Waals surface area contributed by atoms with E-state index in [4.69, 9.17) is 9.84 Å². The lowest BCUT2D eigenvalue weighted by Crippen LogP contribution is -1.97. The van der Waals surface area contributed by atoms with Crippen LogP contribution in [0.4, 0.5) is 4.39 Å². The maximum atomic E-state index is 12.5. The number of allylic oxidation sites excluding steroid dienone is 1. The molecule has 2 nitrogen and oxygen atoms in total. The summed E-state index contributed by atoms with van der Waals surface area (Å²) in [5, 5.41) is 8.98. The number of benzene rings is 1. The molecule has 0 fully saturated rings. The van der Waals surface area contributed by atoms with Crippen molar-refractivity contribution in [2.75, 3.05) is 0 Å². The summed E-state index contributed by atoms with van der Waals surface area (Å²) in [4.78, 5) is 0. The number of hydrogen-bond donors (Lipinski definition) is 1. The van der Waals surface area contributed by atoms with Gasteiger partial charge in [-0.25, -0.2) is 4.39 Å². The molecule has 15 heavy (non-hydrogen) atoms. The Kier molecular flexibility index (Phi) is 4.84. The highest BCUT2D eigenvalue weighted by molar-refractivity contribution is 5.22. The van der Waals surface area contributed by atoms with Gasteiger partial charge in [-0.1, -0.05) is 0 Å². The summed E-state index contributed by atoms with van der Waals surface area (Å²) in [6, 6.07) is 5.82. The molecule has 0 spiro atoms. The van der Waals surface area contributed by atoms with Crippen molar-refractivity contribution in [3.63, 3.8) is 0 Å². The predicted molar refractivity (Wildman–Crippen MR) is 57.1 cm³/mol. The molecule has 0 heterocycles. The number of aliphatic hydroxyl groups excluding tert-OH is 1. The van der Waals surface area contributed by atoms with E-state index in [2.05, 4.69) is 0 Å². The molecule has 0 saturated carbocycles. The van der Waals surface area contributed by atoms with Crippen LogP contribution in [-0.2, 0) is 0 Å². The summed E-state index contributed by atoms with van der Waals surface area (Å²) < 4.78 is 17.7. The Labute approximate surface area is 89.0 Å². The Morgan fingerprint density at radius 1 is 1.40 bits per heavy atom. The van der Waals surface area contributed by atoms with Gasteiger partial charge in [-0.2, -0.15) is 0 Å². The first kappa shape index (κ1) is 11.7. The first-order chi connectivity index (χ1) is 7.18. The second kappa shape index (κ2) is 6.19. The lowest BCUT2D eigenvalue weighted by Gasteiger charge is -2.00. The molecule has 0 aliphatic rings. The minimum atomic E-state index is -0.291. The van der Waals surface area contributed by atoms with Gasteiger partial charge in [0.15, 0.2) is 0 Å². The first-order valence-electron chi connectivity index (χ1n) is 4.94. The molecule has 0 radical (unpaired) electrons. The molecule has 3 heteroatoms. The van der Waals surface area contributed by atoms with Crippen LogP contribution < -0.4 is 4.74 Å². The summed E-state index contributed by atoms with van der Waals surface area (Å²) in [6.45, 7) is 1.74. The number of halogens is 1. The van der Waals surface area contributed by atoms with Gasteiger partial charge >= 0.3 is 0 Å². The van der Waals surface area contributed by atoms with E-state index in [0.29, 0.717) is 12.2 Å². The van der Waals surface area contributed by atoms with Crippen LogP contribution in [0.1, 0.15) is 19.8 Å². The SMILES string of the molecule is C[C@@H](O)CCC=COc1ccc(F)cc1. The topological polar surface area (TPSA) is 29.5 Å². The van der Waals surface area contributed by atoms with Crippen molar-refractivity contribution in [2.24, 2.45) is 0 Å². The van der Waals surface area contributed by atoms with Crippen molar-refractivity contribution >= 4 is 0 Å². The van der Waals surface area contributed by atoms with E-state index in [9.17, 15) is 4.39 Å². The quantitative estimate of drug-likeness (QED) is 0.757. The zero-order valence-corrected chi connectivity index (χ0v) is 8.69. The van der Waals surface area contributed by atoms with Gasteiger partial charge in [0.05, 0.1) is 12.4 Å². The standard InChI is InChI=1S/C12H15FO2/c1-10(14)4-2-3-9-15-12-7-5-11(13)6-8-12/h3,5-10,14H,2,4H2,1H3/t10-/m1/s1. The van der Waals surface area contributed by atoms with Gasteiger partial charge in [0, 0.05) is 0 Å². The Morgan fingerprint density at radius 2 is 2.07 bits per heavy atom. The Balaban J connectivity index is 2.27. The lowest BCUT2D eigenvalue weighted by atomic mass is 10.2. The van der Waals surface area contributed by atoms with Crippen LogP contribution >= 0.6 is 0 Å². The van der Waals surface area contributed by atoms with Crippen LogP contribution in [0.5, 0.6) is 5.75 Å². The van der Waals surface area contributed by atoms with E-state index in [1.54, 1.807) is 25.3 Å². The molecule has 1 atom stereocenters. The number of aliphatic hydroxyl groups is 1. The third-order valence-electron chi connectivity index (χ3n) is 1.87. The highest BCUT2D eigenvalue weighted by atomic mass is 19.1. The second-order valence-corrected chi connectivity index (χ2v) is 3.37. The van der Waals surface area contributed by atoms with E-state index in [1.807, 2.05) is 6.08 Å². The molecule has 0 bridgehead atoms. The average Bonchev–Trinajstić information content (AvgIpc) is 2.20. The van der Waals surface area contributed by atoms with Gasteiger partial charge in [0.1, 0.15) is 11.6 Å². The van der Waals surface area contributed by atoms with E-state index in [1.165, 1.54) is 12.1 Å². The van der Waals surface area contributed by atoms with Gasteiger partial charge in [0.25, 0.3) is 0 Å². The Morgan fingerprint density at radius 3 is 2.67 bits per heavy atom. The summed E-state index contributed by atoms with van der Waals surface area (Å²) in [5.41, 5.74) is 0. The highest BCUT2D eigenvalue weighted by Gasteiger charge is 1.93. The third kappa shape index (κ3) is 5.18. The fourth-order valence-electron chi connectivity index (χ4n) is 1.05. The zero-order valence-electron chi connectivity index (χ0n) is 8.69. The summed E-state index contributed by atoms with van der Waals surface area (Å²) in [5.74, 6) is 0.324. The van der Waals surface area contributed by atoms with Crippen molar-refractivity contribution in [2.45, 2.75) is 25.9 Å². The van der Waals surface area contributed by atoms with Crippen LogP contribution in [-0.4, -0.2) is 11.2 Å². The first-order valence-corrected chi connectivity index (χ1v) is 4.94. The monoisotopic (exact) mass is 210 g/mol. The molecular weight excluding hydrogens is 195 g/mol. The molecule has 0 aromatic heterocycles. The fourth-order valence-corrected chi connectivity index (χ4v) is 1.05. The normalized spacial score (nSPS) is 13.0. The second-order valence-electron chi connectivity index (χ2n) is 3.37. The van der Waals surface area contributed by atoms with Crippen LogP contribution in [0.25, 0.3) is 0 Å². The minimum absolute atomic E-state index is 0.277. The van der Waals surface area contributed by atoms with Gasteiger partial charge in [-0.05, 0) is 50.1 Å². The van der Waals surface area contributed by atoms with Crippen molar-refractivity contribution in [3.8, 4) is 5.75 Å². The smallest absolute Gasteiger partial charge is 0.126 e. The Bertz CT molecular complexity index is 304. The largest absolute Gasteiger partial charge is 0.465 e. The molecule has 1 N–H and O–H groups in total. The van der Waals surface area contributed by atoms with Gasteiger partial charge < -0.3 is 9.84 Å². The number of hydrogen-bond acceptors (Lipinski definition) is 2. The van der Waals surface area contributed by atoms with Gasteiger partial charge in [-0.15, -0.1) is 0 Å². The Hall–Kier alpha value is -1.35. The van der Waals surface area contributed by atoms with E-state index in [-0.39, 0.29) is 11.9 Å². The molecule has 1 aromatic rings. The molecule has 82 valence electrons. The molecule has 0 saturated heterocycles. The molecular formula is C12H15FO2. The fraction of sp³-hybridized carbons (Fsp3) is 0.333. The maximum Gasteiger partial charge on any atom is 0.126 e. The van der Waals surface area contributed by atoms with Crippen LogP contribution in [0.3, 0.4) is 0 Å². The average molecular weight is 210 g/mol. The van der Waals surface area contributed by atoms with Gasteiger partial charge in [0.2, 0.25) is 0 Å². The summed E-state index contributed by atoms with van der Waals surface area (Å²) in [7, 11) is 0. The summed E-state index contributed by atoms with van der Waals surface area (Å²) >= 11 is 0. The number of rotatable bonds is 5. The van der Waals surface area contributed by atoms with Crippen LogP contribution in [0.15, 0.2) is 36.6 Å².